The van der Waals surface area contributed by atoms with Gasteiger partial charge in [-0.25, -0.2) is 0 Å². The van der Waals surface area contributed by atoms with E-state index < -0.39 is 0 Å². The average molecular weight is 397 g/mol. The third kappa shape index (κ3) is 5.08. The van der Waals surface area contributed by atoms with Crippen molar-refractivity contribution in [2.45, 2.75) is 35.9 Å². The third-order valence-electron chi connectivity index (χ3n) is 4.28. The van der Waals surface area contributed by atoms with Gasteiger partial charge in [0, 0.05) is 36.5 Å². The van der Waals surface area contributed by atoms with Crippen molar-refractivity contribution in [3.8, 4) is 0 Å². The summed E-state index contributed by atoms with van der Waals surface area (Å²) in [5, 5.41) is 13.6. The Balaban J connectivity index is 1.26. The molecule has 134 valence electrons. The number of thioether (sulfide) groups is 1. The number of rotatable bonds is 7. The fraction of sp³-hybridized carbons (Fsp3) is 0.529. The highest BCUT2D eigenvalue weighted by Gasteiger charge is 2.24. The van der Waals surface area contributed by atoms with Crippen molar-refractivity contribution in [2.75, 3.05) is 30.8 Å². The summed E-state index contributed by atoms with van der Waals surface area (Å²) < 4.78 is 6.93. The van der Waals surface area contributed by atoms with Crippen LogP contribution >= 0.6 is 34.7 Å². The molecule has 1 aliphatic carbocycles. The van der Waals surface area contributed by atoms with Gasteiger partial charge in [0.2, 0.25) is 5.13 Å². The molecule has 2 aliphatic rings. The summed E-state index contributed by atoms with van der Waals surface area (Å²) in [5.74, 6) is 0.900. The molecule has 25 heavy (non-hydrogen) atoms. The molecule has 5 nitrogen and oxygen atoms in total. The van der Waals surface area contributed by atoms with E-state index >= 15 is 0 Å². The van der Waals surface area contributed by atoms with Gasteiger partial charge < -0.3 is 10.1 Å². The molecule has 1 aromatic carbocycles. The van der Waals surface area contributed by atoms with E-state index in [-0.39, 0.29) is 6.10 Å². The van der Waals surface area contributed by atoms with Crippen molar-refractivity contribution in [2.24, 2.45) is 0 Å². The molecule has 1 saturated carbocycles. The van der Waals surface area contributed by atoms with Gasteiger partial charge in [-0.2, -0.15) is 0 Å². The van der Waals surface area contributed by atoms with E-state index in [9.17, 15) is 0 Å². The Morgan fingerprint density at radius 3 is 3.04 bits per heavy atom. The molecule has 0 amide bonds. The maximum absolute atomic E-state index is 6.28. The molecule has 4 rings (SSSR count). The van der Waals surface area contributed by atoms with Gasteiger partial charge in [0.15, 0.2) is 4.34 Å². The second-order valence-electron chi connectivity index (χ2n) is 6.42. The van der Waals surface area contributed by atoms with Crippen molar-refractivity contribution in [1.82, 2.24) is 15.1 Å². The maximum Gasteiger partial charge on any atom is 0.206 e. The summed E-state index contributed by atoms with van der Waals surface area (Å²) in [7, 11) is 0. The molecular formula is C17H21ClN4OS2. The van der Waals surface area contributed by atoms with Gasteiger partial charge in [0.25, 0.3) is 0 Å². The zero-order valence-corrected chi connectivity index (χ0v) is 16.2. The average Bonchev–Trinajstić information content (AvgIpc) is 3.32. The molecule has 0 spiro atoms. The van der Waals surface area contributed by atoms with Gasteiger partial charge in [-0.3, -0.25) is 4.90 Å². The third-order valence-corrected chi connectivity index (χ3v) is 6.77. The number of hydrogen-bond acceptors (Lipinski definition) is 7. The minimum absolute atomic E-state index is 0.213. The lowest BCUT2D eigenvalue weighted by Crippen LogP contribution is -2.43. The highest BCUT2D eigenvalue weighted by Crippen LogP contribution is 2.31. The van der Waals surface area contributed by atoms with Crippen LogP contribution in [0.3, 0.4) is 0 Å². The van der Waals surface area contributed by atoms with Crippen LogP contribution in [0.15, 0.2) is 28.6 Å². The number of benzene rings is 1. The number of nitrogens with zero attached hydrogens (tertiary/aromatic N) is 3. The van der Waals surface area contributed by atoms with Gasteiger partial charge in [-0.05, 0) is 24.5 Å². The minimum Gasteiger partial charge on any atom is -0.375 e. The molecular weight excluding hydrogens is 376 g/mol. The molecule has 0 bridgehead atoms. The molecule has 1 aliphatic heterocycles. The van der Waals surface area contributed by atoms with E-state index in [1.54, 1.807) is 23.1 Å². The first-order chi connectivity index (χ1) is 12.3. The Kier molecular flexibility index (Phi) is 5.77. The van der Waals surface area contributed by atoms with Gasteiger partial charge in [-0.15, -0.1) is 10.2 Å². The van der Waals surface area contributed by atoms with E-state index in [0.717, 1.165) is 46.5 Å². The van der Waals surface area contributed by atoms with Gasteiger partial charge in [0.1, 0.15) is 0 Å². The lowest BCUT2D eigenvalue weighted by atomic mass is 10.2. The fourth-order valence-electron chi connectivity index (χ4n) is 2.79. The second kappa shape index (κ2) is 8.22. The Labute approximate surface area is 161 Å². The van der Waals surface area contributed by atoms with E-state index in [1.165, 1.54) is 18.4 Å². The smallest absolute Gasteiger partial charge is 0.206 e. The van der Waals surface area contributed by atoms with Gasteiger partial charge >= 0.3 is 0 Å². The lowest BCUT2D eigenvalue weighted by molar-refractivity contribution is -0.0187. The van der Waals surface area contributed by atoms with Crippen LogP contribution in [-0.2, 0) is 11.3 Å². The van der Waals surface area contributed by atoms with Gasteiger partial charge in [0.05, 0.1) is 12.7 Å². The normalized spacial score (nSPS) is 21.4. The van der Waals surface area contributed by atoms with Crippen LogP contribution < -0.4 is 5.32 Å². The second-order valence-corrected chi connectivity index (χ2v) is 9.07. The Morgan fingerprint density at radius 1 is 1.32 bits per heavy atom. The van der Waals surface area contributed by atoms with E-state index in [4.69, 9.17) is 16.3 Å². The van der Waals surface area contributed by atoms with Crippen LogP contribution in [0, 0.1) is 0 Å². The Hall–Kier alpha value is -0.860. The number of ether oxygens (including phenoxy) is 1. The fourth-order valence-corrected chi connectivity index (χ4v) is 4.84. The number of aromatic nitrogens is 2. The first kappa shape index (κ1) is 17.5. The summed E-state index contributed by atoms with van der Waals surface area (Å²) in [6.07, 6.45) is 2.71. The van der Waals surface area contributed by atoms with Crippen molar-refractivity contribution in [3.63, 3.8) is 0 Å². The zero-order valence-electron chi connectivity index (χ0n) is 13.9. The van der Waals surface area contributed by atoms with Crippen molar-refractivity contribution >= 4 is 39.8 Å². The predicted octanol–water partition coefficient (Wildman–Crippen LogP) is 3.76. The molecule has 0 radical (unpaired) electrons. The molecule has 2 aromatic rings. The van der Waals surface area contributed by atoms with E-state index in [0.29, 0.717) is 6.04 Å². The van der Waals surface area contributed by atoms with Gasteiger partial charge in [-0.1, -0.05) is 52.9 Å². The number of hydrogen-bond donors (Lipinski definition) is 1. The quantitative estimate of drug-likeness (QED) is 0.719. The lowest BCUT2D eigenvalue weighted by Gasteiger charge is -2.32. The van der Waals surface area contributed by atoms with E-state index in [2.05, 4.69) is 26.5 Å². The van der Waals surface area contributed by atoms with Crippen LogP contribution in [-0.4, -0.2) is 52.7 Å². The molecule has 1 saturated heterocycles. The summed E-state index contributed by atoms with van der Waals surface area (Å²) in [4.78, 5) is 2.41. The monoisotopic (exact) mass is 396 g/mol. The first-order valence-corrected chi connectivity index (χ1v) is 10.7. The highest BCUT2D eigenvalue weighted by atomic mass is 35.5. The number of morpholine rings is 1. The molecule has 8 heteroatoms. The summed E-state index contributed by atoms with van der Waals surface area (Å²) in [6.45, 7) is 3.50. The largest absolute Gasteiger partial charge is 0.375 e. The first-order valence-electron chi connectivity index (χ1n) is 8.56. The standard InChI is InChI=1S/C17H21ClN4OS2/c18-15-4-2-1-3-12(15)9-22-7-8-23-14(10-22)11-24-17-21-20-16(25-17)19-13-5-6-13/h1-4,13-14H,5-11H2,(H,19,20)/t14-/m1/s1. The molecule has 2 fully saturated rings. The number of nitrogens with one attached hydrogen (secondary N) is 1. The minimum atomic E-state index is 0.213. The SMILES string of the molecule is Clc1ccccc1CN1CCO[C@@H](CSc2nnc(NC3CC3)s2)C1. The summed E-state index contributed by atoms with van der Waals surface area (Å²) >= 11 is 9.65. The summed E-state index contributed by atoms with van der Waals surface area (Å²) in [5.41, 5.74) is 1.18. The molecule has 1 atom stereocenters. The predicted molar refractivity (Wildman–Crippen MR) is 104 cm³/mol. The maximum atomic E-state index is 6.28. The van der Waals surface area contributed by atoms with Crippen LogP contribution in [0.25, 0.3) is 0 Å². The molecule has 1 N–H and O–H groups in total. The van der Waals surface area contributed by atoms with E-state index in [1.807, 2.05) is 18.2 Å². The number of anilines is 1. The van der Waals surface area contributed by atoms with Crippen molar-refractivity contribution in [3.05, 3.63) is 34.9 Å². The van der Waals surface area contributed by atoms with Crippen LogP contribution in [0.2, 0.25) is 5.02 Å². The van der Waals surface area contributed by atoms with Crippen LogP contribution in [0.1, 0.15) is 18.4 Å². The van der Waals surface area contributed by atoms with Crippen molar-refractivity contribution < 1.29 is 4.74 Å². The Bertz CT molecular complexity index is 709. The summed E-state index contributed by atoms with van der Waals surface area (Å²) in [6, 6.07) is 8.67. The van der Waals surface area contributed by atoms with Crippen LogP contribution in [0.4, 0.5) is 5.13 Å². The molecule has 0 unspecified atom stereocenters. The molecule has 1 aromatic heterocycles. The topological polar surface area (TPSA) is 50.3 Å². The molecule has 2 heterocycles. The van der Waals surface area contributed by atoms with Crippen molar-refractivity contribution in [1.29, 1.82) is 0 Å². The highest BCUT2D eigenvalue weighted by molar-refractivity contribution is 8.01. The Morgan fingerprint density at radius 2 is 2.20 bits per heavy atom. The number of halogens is 1. The zero-order chi connectivity index (χ0) is 17.1. The van der Waals surface area contributed by atoms with Crippen LogP contribution in [0.5, 0.6) is 0 Å².